The molecule has 25 heavy (non-hydrogen) atoms. The first kappa shape index (κ1) is 16.4. The number of benzene rings is 2. The summed E-state index contributed by atoms with van der Waals surface area (Å²) in [6.07, 6.45) is 0.570. The fourth-order valence-electron chi connectivity index (χ4n) is 2.69. The summed E-state index contributed by atoms with van der Waals surface area (Å²) in [4.78, 5) is 37.6. The molecule has 0 saturated carbocycles. The molecule has 0 aliphatic carbocycles. The number of carbonyl (C=O) groups is 3. The molecule has 124 valence electrons. The molecule has 1 N–H and O–H groups in total. The summed E-state index contributed by atoms with van der Waals surface area (Å²) in [7, 11) is 0. The number of fused-ring (bicyclic) bond motifs is 1. The number of hydrogen-bond acceptors (Lipinski definition) is 4. The molecule has 2 aromatic carbocycles. The number of imide groups is 1. The SMILES string of the molecule is N#Cc1ccc(NC(=O)CCCN2C(=O)c3ccccc3C2=O)cc1. The van der Waals surface area contributed by atoms with Crippen LogP contribution in [0.4, 0.5) is 5.69 Å². The number of nitriles is 1. The van der Waals surface area contributed by atoms with Gasteiger partial charge in [0.15, 0.2) is 0 Å². The van der Waals surface area contributed by atoms with Gasteiger partial charge in [0.1, 0.15) is 0 Å². The minimum absolute atomic E-state index is 0.188. The van der Waals surface area contributed by atoms with Crippen molar-refractivity contribution in [1.82, 2.24) is 4.90 Å². The van der Waals surface area contributed by atoms with Crippen molar-refractivity contribution in [2.45, 2.75) is 12.8 Å². The van der Waals surface area contributed by atoms with Crippen molar-refractivity contribution in [3.63, 3.8) is 0 Å². The second-order valence-corrected chi connectivity index (χ2v) is 5.65. The van der Waals surface area contributed by atoms with Crippen LogP contribution < -0.4 is 5.32 Å². The maximum Gasteiger partial charge on any atom is 0.261 e. The van der Waals surface area contributed by atoms with E-state index < -0.39 is 0 Å². The standard InChI is InChI=1S/C19H15N3O3/c20-12-13-7-9-14(10-8-13)21-17(23)6-3-11-22-18(24)15-4-1-2-5-16(15)19(22)25/h1-2,4-5,7-10H,3,6,11H2,(H,21,23). The van der Waals surface area contributed by atoms with E-state index in [4.69, 9.17) is 5.26 Å². The quantitative estimate of drug-likeness (QED) is 0.852. The number of carbonyl (C=O) groups excluding carboxylic acids is 3. The molecule has 0 unspecified atom stereocenters. The molecule has 6 nitrogen and oxygen atoms in total. The fourth-order valence-corrected chi connectivity index (χ4v) is 2.69. The van der Waals surface area contributed by atoms with Crippen molar-refractivity contribution in [1.29, 1.82) is 5.26 Å². The summed E-state index contributed by atoms with van der Waals surface area (Å²) in [5.41, 5.74) is 1.94. The lowest BCUT2D eigenvalue weighted by molar-refractivity contribution is -0.116. The number of hydrogen-bond donors (Lipinski definition) is 1. The molecule has 6 heteroatoms. The lowest BCUT2D eigenvalue weighted by Crippen LogP contribution is -2.31. The Kier molecular flexibility index (Phi) is 4.57. The summed E-state index contributed by atoms with van der Waals surface area (Å²) in [6.45, 7) is 0.202. The summed E-state index contributed by atoms with van der Waals surface area (Å²) < 4.78 is 0. The van der Waals surface area contributed by atoms with Crippen LogP contribution in [0.3, 0.4) is 0 Å². The Morgan fingerprint density at radius 2 is 1.60 bits per heavy atom. The van der Waals surface area contributed by atoms with Crippen LogP contribution in [0.2, 0.25) is 0 Å². The van der Waals surface area contributed by atoms with E-state index in [9.17, 15) is 14.4 Å². The van der Waals surface area contributed by atoms with E-state index in [0.717, 1.165) is 0 Å². The third-order valence-electron chi connectivity index (χ3n) is 3.96. The highest BCUT2D eigenvalue weighted by Crippen LogP contribution is 2.22. The lowest BCUT2D eigenvalue weighted by atomic mass is 10.1. The van der Waals surface area contributed by atoms with Gasteiger partial charge in [-0.2, -0.15) is 5.26 Å². The highest BCUT2D eigenvalue weighted by Gasteiger charge is 2.34. The first-order valence-electron chi connectivity index (χ1n) is 7.85. The van der Waals surface area contributed by atoms with Gasteiger partial charge in [-0.3, -0.25) is 19.3 Å². The van der Waals surface area contributed by atoms with Gasteiger partial charge in [0.2, 0.25) is 5.91 Å². The molecule has 3 rings (SSSR count). The van der Waals surface area contributed by atoms with Crippen molar-refractivity contribution < 1.29 is 14.4 Å². The second-order valence-electron chi connectivity index (χ2n) is 5.65. The van der Waals surface area contributed by atoms with Crippen LogP contribution in [0.5, 0.6) is 0 Å². The molecular formula is C19H15N3O3. The van der Waals surface area contributed by atoms with Crippen LogP contribution >= 0.6 is 0 Å². The average molecular weight is 333 g/mol. The van der Waals surface area contributed by atoms with Crippen LogP contribution in [0.1, 0.15) is 39.1 Å². The topological polar surface area (TPSA) is 90.3 Å². The highest BCUT2D eigenvalue weighted by molar-refractivity contribution is 6.21. The fraction of sp³-hybridized carbons (Fsp3) is 0.158. The molecule has 2 aromatic rings. The van der Waals surface area contributed by atoms with Gasteiger partial charge in [-0.1, -0.05) is 12.1 Å². The molecular weight excluding hydrogens is 318 g/mol. The maximum atomic E-state index is 12.2. The number of anilines is 1. The molecule has 0 atom stereocenters. The minimum Gasteiger partial charge on any atom is -0.326 e. The molecule has 1 aliphatic rings. The molecule has 1 heterocycles. The molecule has 0 aromatic heterocycles. The van der Waals surface area contributed by atoms with Gasteiger partial charge in [0.25, 0.3) is 11.8 Å². The monoisotopic (exact) mass is 333 g/mol. The first-order chi connectivity index (χ1) is 12.1. The van der Waals surface area contributed by atoms with Crippen LogP contribution in [-0.2, 0) is 4.79 Å². The Labute approximate surface area is 144 Å². The number of amides is 3. The van der Waals surface area contributed by atoms with Crippen molar-refractivity contribution in [3.8, 4) is 6.07 Å². The molecule has 0 spiro atoms. The molecule has 0 fully saturated rings. The van der Waals surface area contributed by atoms with E-state index in [2.05, 4.69) is 5.32 Å². The summed E-state index contributed by atoms with van der Waals surface area (Å²) in [5.74, 6) is -0.831. The molecule has 1 aliphatic heterocycles. The van der Waals surface area contributed by atoms with Crippen molar-refractivity contribution in [2.75, 3.05) is 11.9 Å². The summed E-state index contributed by atoms with van der Waals surface area (Å²) in [6, 6.07) is 15.3. The molecule has 0 bridgehead atoms. The zero-order chi connectivity index (χ0) is 17.8. The van der Waals surface area contributed by atoms with Crippen LogP contribution in [0.15, 0.2) is 48.5 Å². The van der Waals surface area contributed by atoms with Gasteiger partial charge in [0, 0.05) is 18.7 Å². The van der Waals surface area contributed by atoms with E-state index >= 15 is 0 Å². The third kappa shape index (κ3) is 3.40. The minimum atomic E-state index is -0.312. The lowest BCUT2D eigenvalue weighted by Gasteiger charge is -2.13. The predicted molar refractivity (Wildman–Crippen MR) is 90.8 cm³/mol. The van der Waals surface area contributed by atoms with Crippen LogP contribution in [0, 0.1) is 11.3 Å². The van der Waals surface area contributed by atoms with E-state index in [1.165, 1.54) is 4.90 Å². The Bertz CT molecular complexity index is 847. The smallest absolute Gasteiger partial charge is 0.261 e. The van der Waals surface area contributed by atoms with E-state index in [1.54, 1.807) is 48.5 Å². The molecule has 0 radical (unpaired) electrons. The second kappa shape index (κ2) is 6.97. The van der Waals surface area contributed by atoms with E-state index in [1.807, 2.05) is 6.07 Å². The van der Waals surface area contributed by atoms with E-state index in [-0.39, 0.29) is 30.7 Å². The van der Waals surface area contributed by atoms with Gasteiger partial charge in [0.05, 0.1) is 22.8 Å². The van der Waals surface area contributed by atoms with Gasteiger partial charge < -0.3 is 5.32 Å². The first-order valence-corrected chi connectivity index (χ1v) is 7.85. The number of nitrogens with zero attached hydrogens (tertiary/aromatic N) is 2. The Morgan fingerprint density at radius 3 is 2.16 bits per heavy atom. The zero-order valence-electron chi connectivity index (χ0n) is 13.4. The van der Waals surface area contributed by atoms with Gasteiger partial charge >= 0.3 is 0 Å². The summed E-state index contributed by atoms with van der Waals surface area (Å²) in [5, 5.41) is 11.5. The summed E-state index contributed by atoms with van der Waals surface area (Å²) >= 11 is 0. The van der Waals surface area contributed by atoms with Gasteiger partial charge in [-0.15, -0.1) is 0 Å². The maximum absolute atomic E-state index is 12.2. The van der Waals surface area contributed by atoms with Crippen LogP contribution in [-0.4, -0.2) is 29.2 Å². The number of nitrogens with one attached hydrogen (secondary N) is 1. The normalized spacial score (nSPS) is 12.7. The predicted octanol–water partition coefficient (Wildman–Crippen LogP) is 2.57. The Balaban J connectivity index is 1.51. The largest absolute Gasteiger partial charge is 0.326 e. The zero-order valence-corrected chi connectivity index (χ0v) is 13.4. The van der Waals surface area contributed by atoms with Gasteiger partial charge in [-0.25, -0.2) is 0 Å². The number of rotatable bonds is 5. The van der Waals surface area contributed by atoms with Crippen molar-refractivity contribution >= 4 is 23.4 Å². The van der Waals surface area contributed by atoms with Crippen LogP contribution in [0.25, 0.3) is 0 Å². The van der Waals surface area contributed by atoms with E-state index in [0.29, 0.717) is 28.8 Å². The molecule has 0 saturated heterocycles. The highest BCUT2D eigenvalue weighted by atomic mass is 16.2. The Hall–Kier alpha value is -3.46. The average Bonchev–Trinajstić information content (AvgIpc) is 2.87. The Morgan fingerprint density at radius 1 is 1.00 bits per heavy atom. The molecule has 3 amide bonds. The third-order valence-corrected chi connectivity index (χ3v) is 3.96. The van der Waals surface area contributed by atoms with Gasteiger partial charge in [-0.05, 0) is 42.8 Å². The van der Waals surface area contributed by atoms with Crippen molar-refractivity contribution in [3.05, 3.63) is 65.2 Å². The van der Waals surface area contributed by atoms with Crippen molar-refractivity contribution in [2.24, 2.45) is 0 Å².